The van der Waals surface area contributed by atoms with Gasteiger partial charge < -0.3 is 14.9 Å². The van der Waals surface area contributed by atoms with Crippen LogP contribution in [0.1, 0.15) is 47.2 Å². The van der Waals surface area contributed by atoms with Gasteiger partial charge in [0.25, 0.3) is 11.8 Å². The number of carbonyl (C=O) groups is 1. The maximum atomic E-state index is 12.8. The van der Waals surface area contributed by atoms with Gasteiger partial charge in [0.15, 0.2) is 0 Å². The van der Waals surface area contributed by atoms with Gasteiger partial charge in [-0.1, -0.05) is 23.4 Å². The van der Waals surface area contributed by atoms with E-state index in [1.165, 1.54) is 0 Å². The lowest BCUT2D eigenvalue weighted by Gasteiger charge is -2.12. The lowest BCUT2D eigenvalue weighted by atomic mass is 10.1. The number of aromatic nitrogens is 4. The minimum Gasteiger partial charge on any atom is -0.384 e. The summed E-state index contributed by atoms with van der Waals surface area (Å²) in [5.41, 5.74) is 2.72. The SMILES string of the molecule is Cc1ccc(-c2noc([C@@H](C)O)n2)cc1NC(=O)c1cnc2n1C=CCC2. The molecule has 27 heavy (non-hydrogen) atoms. The Morgan fingerprint density at radius 2 is 2.26 bits per heavy atom. The van der Waals surface area contributed by atoms with E-state index in [2.05, 4.69) is 20.4 Å². The third-order valence-electron chi connectivity index (χ3n) is 4.44. The lowest BCUT2D eigenvalue weighted by Crippen LogP contribution is -2.17. The molecular formula is C19H19N5O3. The maximum absolute atomic E-state index is 12.8. The van der Waals surface area contributed by atoms with Gasteiger partial charge in [0.1, 0.15) is 17.6 Å². The van der Waals surface area contributed by atoms with E-state index in [0.717, 1.165) is 24.2 Å². The molecule has 0 bridgehead atoms. The number of imidazole rings is 1. The average molecular weight is 365 g/mol. The van der Waals surface area contributed by atoms with Crippen LogP contribution in [-0.2, 0) is 6.42 Å². The third-order valence-corrected chi connectivity index (χ3v) is 4.44. The van der Waals surface area contributed by atoms with Crippen molar-refractivity contribution in [3.05, 3.63) is 53.4 Å². The standard InChI is InChI=1S/C19H19N5O3/c1-11-6-7-13(17-22-19(12(2)25)27-23-17)9-14(11)21-18(26)15-10-20-16-5-3-4-8-24(15)16/h4,6-10,12,25H,3,5H2,1-2H3,(H,21,26)/t12-/m1/s1. The third kappa shape index (κ3) is 3.26. The molecule has 0 saturated carbocycles. The quantitative estimate of drug-likeness (QED) is 0.736. The molecule has 1 amide bonds. The van der Waals surface area contributed by atoms with Gasteiger partial charge in [-0.25, -0.2) is 4.98 Å². The fourth-order valence-electron chi connectivity index (χ4n) is 2.92. The fourth-order valence-corrected chi connectivity index (χ4v) is 2.92. The summed E-state index contributed by atoms with van der Waals surface area (Å²) in [6.45, 7) is 3.46. The van der Waals surface area contributed by atoms with Gasteiger partial charge in [-0.3, -0.25) is 9.36 Å². The lowest BCUT2D eigenvalue weighted by molar-refractivity contribution is 0.102. The molecule has 1 aliphatic heterocycles. The van der Waals surface area contributed by atoms with Crippen LogP contribution in [0.4, 0.5) is 5.69 Å². The van der Waals surface area contributed by atoms with E-state index in [1.54, 1.807) is 19.2 Å². The van der Waals surface area contributed by atoms with Gasteiger partial charge in [-0.15, -0.1) is 0 Å². The predicted octanol–water partition coefficient (Wildman–Crippen LogP) is 2.96. The number of nitrogens with zero attached hydrogens (tertiary/aromatic N) is 4. The molecule has 3 aromatic rings. The Balaban J connectivity index is 1.61. The van der Waals surface area contributed by atoms with Crippen molar-refractivity contribution in [1.82, 2.24) is 19.7 Å². The van der Waals surface area contributed by atoms with E-state index in [1.807, 2.05) is 35.9 Å². The number of nitrogens with one attached hydrogen (secondary N) is 1. The molecule has 2 aromatic heterocycles. The van der Waals surface area contributed by atoms with Crippen LogP contribution in [0.3, 0.4) is 0 Å². The summed E-state index contributed by atoms with van der Waals surface area (Å²) in [4.78, 5) is 21.2. The number of fused-ring (bicyclic) bond motifs is 1. The van der Waals surface area contributed by atoms with Crippen LogP contribution >= 0.6 is 0 Å². The van der Waals surface area contributed by atoms with Gasteiger partial charge in [-0.05, 0) is 31.9 Å². The predicted molar refractivity (Wildman–Crippen MR) is 98.9 cm³/mol. The molecule has 1 atom stereocenters. The van der Waals surface area contributed by atoms with Crippen molar-refractivity contribution < 1.29 is 14.4 Å². The Bertz CT molecular complexity index is 1030. The van der Waals surface area contributed by atoms with E-state index in [-0.39, 0.29) is 11.8 Å². The number of aliphatic hydroxyl groups is 1. The number of hydrogen-bond donors (Lipinski definition) is 2. The summed E-state index contributed by atoms with van der Waals surface area (Å²) in [6.07, 6.45) is 6.40. The first kappa shape index (κ1) is 17.2. The van der Waals surface area contributed by atoms with Crippen molar-refractivity contribution in [3.8, 4) is 11.4 Å². The molecule has 3 heterocycles. The number of rotatable bonds is 4. The molecule has 0 unspecified atom stereocenters. The van der Waals surface area contributed by atoms with E-state index >= 15 is 0 Å². The van der Waals surface area contributed by atoms with Crippen molar-refractivity contribution in [2.24, 2.45) is 0 Å². The van der Waals surface area contributed by atoms with Crippen molar-refractivity contribution >= 4 is 17.8 Å². The summed E-state index contributed by atoms with van der Waals surface area (Å²) < 4.78 is 6.85. The highest BCUT2D eigenvalue weighted by atomic mass is 16.5. The Hall–Kier alpha value is -3.26. The Labute approximate surface area is 155 Å². The molecule has 0 spiro atoms. The molecule has 8 nitrogen and oxygen atoms in total. The van der Waals surface area contributed by atoms with Crippen LogP contribution in [0.15, 0.2) is 35.0 Å². The van der Waals surface area contributed by atoms with Crippen LogP contribution in [0.2, 0.25) is 0 Å². The van der Waals surface area contributed by atoms with E-state index in [0.29, 0.717) is 22.8 Å². The van der Waals surface area contributed by atoms with E-state index < -0.39 is 6.10 Å². The number of carbonyl (C=O) groups excluding carboxylic acids is 1. The molecule has 8 heteroatoms. The summed E-state index contributed by atoms with van der Waals surface area (Å²) >= 11 is 0. The number of anilines is 1. The van der Waals surface area contributed by atoms with Crippen LogP contribution in [0.25, 0.3) is 17.6 Å². The first-order valence-corrected chi connectivity index (χ1v) is 8.69. The number of allylic oxidation sites excluding steroid dienone is 1. The van der Waals surface area contributed by atoms with Crippen molar-refractivity contribution in [2.45, 2.75) is 32.8 Å². The van der Waals surface area contributed by atoms with E-state index in [9.17, 15) is 9.90 Å². The van der Waals surface area contributed by atoms with E-state index in [4.69, 9.17) is 4.52 Å². The number of hydrogen-bond acceptors (Lipinski definition) is 6. The van der Waals surface area contributed by atoms with Gasteiger partial charge in [-0.2, -0.15) is 4.98 Å². The van der Waals surface area contributed by atoms with Crippen molar-refractivity contribution in [1.29, 1.82) is 0 Å². The van der Waals surface area contributed by atoms with Crippen molar-refractivity contribution in [3.63, 3.8) is 0 Å². The molecule has 2 N–H and O–H groups in total. The Morgan fingerprint density at radius 3 is 3.04 bits per heavy atom. The minimum atomic E-state index is -0.836. The molecule has 1 aromatic carbocycles. The molecule has 0 saturated heterocycles. The number of aliphatic hydroxyl groups excluding tert-OH is 1. The highest BCUT2D eigenvalue weighted by Crippen LogP contribution is 2.25. The largest absolute Gasteiger partial charge is 0.384 e. The molecule has 0 aliphatic carbocycles. The first-order valence-electron chi connectivity index (χ1n) is 8.69. The zero-order chi connectivity index (χ0) is 19.0. The minimum absolute atomic E-state index is 0.147. The molecule has 1 aliphatic rings. The number of aryl methyl sites for hydroxylation is 2. The molecule has 138 valence electrons. The zero-order valence-corrected chi connectivity index (χ0v) is 15.0. The summed E-state index contributed by atoms with van der Waals surface area (Å²) in [7, 11) is 0. The second kappa shape index (κ2) is 6.81. The highest BCUT2D eigenvalue weighted by Gasteiger charge is 2.18. The van der Waals surface area contributed by atoms with Gasteiger partial charge in [0.05, 0.1) is 6.20 Å². The average Bonchev–Trinajstić information content (AvgIpc) is 3.30. The Kier molecular flexibility index (Phi) is 4.33. The number of amides is 1. The number of benzene rings is 1. The summed E-state index contributed by atoms with van der Waals surface area (Å²) in [5.74, 6) is 1.14. The molecule has 4 rings (SSSR count). The van der Waals surface area contributed by atoms with Crippen LogP contribution in [0, 0.1) is 6.92 Å². The second-order valence-corrected chi connectivity index (χ2v) is 6.47. The highest BCUT2D eigenvalue weighted by molar-refractivity contribution is 6.04. The van der Waals surface area contributed by atoms with Crippen LogP contribution in [0.5, 0.6) is 0 Å². The van der Waals surface area contributed by atoms with Crippen LogP contribution < -0.4 is 5.32 Å². The van der Waals surface area contributed by atoms with Gasteiger partial charge in [0, 0.05) is 23.9 Å². The summed E-state index contributed by atoms with van der Waals surface area (Å²) in [5, 5.41) is 16.4. The molecule has 0 fully saturated rings. The van der Waals surface area contributed by atoms with Gasteiger partial charge >= 0.3 is 0 Å². The monoisotopic (exact) mass is 365 g/mol. The Morgan fingerprint density at radius 1 is 1.41 bits per heavy atom. The van der Waals surface area contributed by atoms with Crippen molar-refractivity contribution in [2.75, 3.05) is 5.32 Å². The molecular weight excluding hydrogens is 346 g/mol. The van der Waals surface area contributed by atoms with Gasteiger partial charge in [0.2, 0.25) is 5.82 Å². The topological polar surface area (TPSA) is 106 Å². The fraction of sp³-hybridized carbons (Fsp3) is 0.263. The smallest absolute Gasteiger partial charge is 0.274 e. The first-order chi connectivity index (χ1) is 13.0. The molecule has 0 radical (unpaired) electrons. The maximum Gasteiger partial charge on any atom is 0.274 e. The normalized spacial score (nSPS) is 14.0. The zero-order valence-electron chi connectivity index (χ0n) is 15.0. The summed E-state index contributed by atoms with van der Waals surface area (Å²) in [6, 6.07) is 5.49. The second-order valence-electron chi connectivity index (χ2n) is 6.47. The van der Waals surface area contributed by atoms with Crippen LogP contribution in [-0.4, -0.2) is 30.7 Å².